The van der Waals surface area contributed by atoms with Crippen LogP contribution in [-0.2, 0) is 14.8 Å². The molecule has 1 rings (SSSR count). The molecular formula is C19H33N4O4S+. The fraction of sp³-hybridized carbons (Fsp3) is 0.579. The number of urea groups is 1. The molecule has 158 valence electrons. The Morgan fingerprint density at radius 3 is 2.14 bits per heavy atom. The molecular weight excluding hydrogens is 380 g/mol. The molecule has 1 aromatic rings. The maximum Gasteiger partial charge on any atom is 0.321 e. The maximum absolute atomic E-state index is 12.5. The number of amides is 3. The van der Waals surface area contributed by atoms with Gasteiger partial charge in [0, 0.05) is 24.7 Å². The highest BCUT2D eigenvalue weighted by molar-refractivity contribution is 7.89. The molecule has 0 aliphatic rings. The summed E-state index contributed by atoms with van der Waals surface area (Å²) < 4.78 is 26.4. The molecule has 0 fully saturated rings. The molecule has 0 aliphatic carbocycles. The molecule has 3 amide bonds. The van der Waals surface area contributed by atoms with Gasteiger partial charge in [-0.3, -0.25) is 10.1 Å². The van der Waals surface area contributed by atoms with E-state index in [-0.39, 0.29) is 29.4 Å². The van der Waals surface area contributed by atoms with Crippen LogP contribution in [0, 0.1) is 0 Å². The van der Waals surface area contributed by atoms with E-state index in [0.29, 0.717) is 13.1 Å². The smallest absolute Gasteiger partial charge is 0.321 e. The van der Waals surface area contributed by atoms with E-state index in [1.807, 2.05) is 20.8 Å². The minimum atomic E-state index is -3.48. The molecule has 0 bridgehead atoms. The number of carbonyl (C=O) groups is 2. The summed E-state index contributed by atoms with van der Waals surface area (Å²) >= 11 is 0. The first-order valence-corrected chi connectivity index (χ1v) is 11.1. The van der Waals surface area contributed by atoms with E-state index in [1.165, 1.54) is 4.31 Å². The lowest BCUT2D eigenvalue weighted by Gasteiger charge is -2.19. The lowest BCUT2D eigenvalue weighted by molar-refractivity contribution is -0.682. The highest BCUT2D eigenvalue weighted by Crippen LogP contribution is 2.18. The molecule has 1 aromatic carbocycles. The van der Waals surface area contributed by atoms with Gasteiger partial charge in [0.1, 0.15) is 6.04 Å². The van der Waals surface area contributed by atoms with Gasteiger partial charge in [0.2, 0.25) is 10.0 Å². The maximum atomic E-state index is 12.5. The Balaban J connectivity index is 2.63. The van der Waals surface area contributed by atoms with E-state index in [2.05, 4.69) is 10.6 Å². The quantitative estimate of drug-likeness (QED) is 0.530. The number of nitrogens with two attached hydrogens (primary N) is 1. The molecule has 8 nitrogen and oxygen atoms in total. The van der Waals surface area contributed by atoms with Crippen LogP contribution in [-0.4, -0.2) is 50.3 Å². The Morgan fingerprint density at radius 2 is 1.64 bits per heavy atom. The van der Waals surface area contributed by atoms with Gasteiger partial charge in [-0.05, 0) is 32.4 Å². The Hall–Kier alpha value is -1.97. The minimum Gasteiger partial charge on any atom is -0.335 e. The molecule has 0 aliphatic heterocycles. The predicted molar refractivity (Wildman–Crippen MR) is 108 cm³/mol. The Bertz CT molecular complexity index is 746. The summed E-state index contributed by atoms with van der Waals surface area (Å²) in [6.45, 7) is 10.3. The zero-order chi connectivity index (χ0) is 21.3. The van der Waals surface area contributed by atoms with Crippen molar-refractivity contribution in [3.63, 3.8) is 0 Å². The van der Waals surface area contributed by atoms with Crippen molar-refractivity contribution in [3.05, 3.63) is 29.8 Å². The molecule has 28 heavy (non-hydrogen) atoms. The van der Waals surface area contributed by atoms with E-state index in [4.69, 9.17) is 0 Å². The highest BCUT2D eigenvalue weighted by atomic mass is 32.2. The number of rotatable bonds is 10. The van der Waals surface area contributed by atoms with Gasteiger partial charge in [-0.1, -0.05) is 32.9 Å². The highest BCUT2D eigenvalue weighted by Gasteiger charge is 2.22. The number of imide groups is 1. The van der Waals surface area contributed by atoms with Crippen LogP contribution in [0.2, 0.25) is 0 Å². The molecule has 9 heteroatoms. The Labute approximate surface area is 168 Å². The third-order valence-electron chi connectivity index (χ3n) is 4.65. The van der Waals surface area contributed by atoms with Crippen molar-refractivity contribution in [1.82, 2.24) is 14.9 Å². The van der Waals surface area contributed by atoms with Crippen molar-refractivity contribution >= 4 is 22.0 Å². The number of nitrogens with zero attached hydrogens (tertiary/aromatic N) is 1. The van der Waals surface area contributed by atoms with Gasteiger partial charge >= 0.3 is 6.03 Å². The van der Waals surface area contributed by atoms with Gasteiger partial charge in [-0.2, -0.15) is 4.31 Å². The predicted octanol–water partition coefficient (Wildman–Crippen LogP) is 0.966. The molecule has 0 spiro atoms. The number of hydrogen-bond donors (Lipinski definition) is 3. The van der Waals surface area contributed by atoms with Crippen molar-refractivity contribution in [2.75, 3.05) is 19.6 Å². The standard InChI is InChI=1S/C19H32N4O4S/c1-6-14(4)21-19(25)22-18(24)13-20-15(5)16-9-11-17(12-10-16)28(26,27)23(7-2)8-3/h9-12,14-15,20H,6-8,13H2,1-5H3,(H2,21,22,24,25)/p+1/t14-,15-/m1/s1. The van der Waals surface area contributed by atoms with Crippen molar-refractivity contribution in [2.24, 2.45) is 0 Å². The van der Waals surface area contributed by atoms with E-state index >= 15 is 0 Å². The molecule has 4 N–H and O–H groups in total. The summed E-state index contributed by atoms with van der Waals surface area (Å²) in [4.78, 5) is 23.8. The van der Waals surface area contributed by atoms with Gasteiger partial charge in [-0.15, -0.1) is 0 Å². The minimum absolute atomic E-state index is 0.00170. The van der Waals surface area contributed by atoms with Crippen LogP contribution in [0.15, 0.2) is 29.2 Å². The van der Waals surface area contributed by atoms with E-state index in [0.717, 1.165) is 12.0 Å². The Kier molecular flexibility index (Phi) is 9.57. The van der Waals surface area contributed by atoms with E-state index in [1.54, 1.807) is 43.4 Å². The van der Waals surface area contributed by atoms with Crippen LogP contribution in [0.5, 0.6) is 0 Å². The number of carbonyl (C=O) groups excluding carboxylic acids is 2. The van der Waals surface area contributed by atoms with Crippen molar-refractivity contribution in [2.45, 2.75) is 58.0 Å². The molecule has 0 radical (unpaired) electrons. The van der Waals surface area contributed by atoms with Crippen LogP contribution in [0.4, 0.5) is 4.79 Å². The second kappa shape index (κ2) is 11.1. The Morgan fingerprint density at radius 1 is 1.07 bits per heavy atom. The third kappa shape index (κ3) is 6.88. The van der Waals surface area contributed by atoms with Crippen LogP contribution in [0.25, 0.3) is 0 Å². The zero-order valence-electron chi connectivity index (χ0n) is 17.4. The number of nitrogens with one attached hydrogen (secondary N) is 2. The van der Waals surface area contributed by atoms with Gasteiger partial charge < -0.3 is 10.6 Å². The first-order valence-electron chi connectivity index (χ1n) is 9.69. The molecule has 0 heterocycles. The fourth-order valence-electron chi connectivity index (χ4n) is 2.62. The van der Waals surface area contributed by atoms with E-state index < -0.39 is 16.1 Å². The van der Waals surface area contributed by atoms with Crippen LogP contribution in [0.1, 0.15) is 52.6 Å². The van der Waals surface area contributed by atoms with Crippen molar-refractivity contribution < 1.29 is 23.3 Å². The summed E-state index contributed by atoms with van der Waals surface area (Å²) in [6, 6.07) is 6.14. The molecule has 0 unspecified atom stereocenters. The summed E-state index contributed by atoms with van der Waals surface area (Å²) in [5.41, 5.74) is 0.898. The first-order chi connectivity index (χ1) is 13.1. The molecule has 2 atom stereocenters. The second-order valence-corrected chi connectivity index (χ2v) is 8.66. The monoisotopic (exact) mass is 413 g/mol. The fourth-order valence-corrected chi connectivity index (χ4v) is 4.07. The summed E-state index contributed by atoms with van der Waals surface area (Å²) in [5.74, 6) is -0.381. The molecule has 0 aromatic heterocycles. The summed E-state index contributed by atoms with van der Waals surface area (Å²) in [5, 5.41) is 6.77. The topological polar surface area (TPSA) is 112 Å². The van der Waals surface area contributed by atoms with Gasteiger partial charge in [0.15, 0.2) is 6.54 Å². The summed E-state index contributed by atoms with van der Waals surface area (Å²) in [6.07, 6.45) is 0.782. The van der Waals surface area contributed by atoms with E-state index in [9.17, 15) is 18.0 Å². The zero-order valence-corrected chi connectivity index (χ0v) is 18.2. The third-order valence-corrected chi connectivity index (χ3v) is 6.71. The lowest BCUT2D eigenvalue weighted by Crippen LogP contribution is -2.87. The van der Waals surface area contributed by atoms with Crippen molar-refractivity contribution in [3.8, 4) is 0 Å². The van der Waals surface area contributed by atoms with Gasteiger partial charge in [0.25, 0.3) is 5.91 Å². The summed E-state index contributed by atoms with van der Waals surface area (Å²) in [7, 11) is -3.48. The van der Waals surface area contributed by atoms with Crippen LogP contribution < -0.4 is 16.0 Å². The van der Waals surface area contributed by atoms with Gasteiger partial charge in [0.05, 0.1) is 4.90 Å². The van der Waals surface area contributed by atoms with Crippen LogP contribution in [0.3, 0.4) is 0 Å². The second-order valence-electron chi connectivity index (χ2n) is 6.72. The molecule has 0 saturated carbocycles. The van der Waals surface area contributed by atoms with Crippen LogP contribution >= 0.6 is 0 Å². The number of quaternary nitrogens is 1. The largest absolute Gasteiger partial charge is 0.335 e. The molecule has 0 saturated heterocycles. The SMILES string of the molecule is CC[C@@H](C)NC(=O)NC(=O)C[NH2+][C@H](C)c1ccc(S(=O)(=O)N(CC)CC)cc1. The van der Waals surface area contributed by atoms with Crippen molar-refractivity contribution in [1.29, 1.82) is 0 Å². The average molecular weight is 414 g/mol. The number of hydrogen-bond acceptors (Lipinski definition) is 4. The van der Waals surface area contributed by atoms with Gasteiger partial charge in [-0.25, -0.2) is 13.2 Å². The normalized spacial score (nSPS) is 13.8. The first kappa shape index (κ1) is 24.1. The number of benzene rings is 1. The average Bonchev–Trinajstić information content (AvgIpc) is 2.66. The number of sulfonamides is 1. The lowest BCUT2D eigenvalue weighted by atomic mass is 10.1.